The number of rotatable bonds is 6. The van der Waals surface area contributed by atoms with E-state index in [0.717, 1.165) is 0 Å². The topological polar surface area (TPSA) is 63.7 Å². The second-order valence-electron chi connectivity index (χ2n) is 6.31. The summed E-state index contributed by atoms with van der Waals surface area (Å²) in [7, 11) is 0. The molecular weight excluding hydrogens is 306 g/mol. The minimum atomic E-state index is -0.458. The van der Waals surface area contributed by atoms with Gasteiger partial charge in [-0.2, -0.15) is 0 Å². The summed E-state index contributed by atoms with van der Waals surface area (Å²) in [6.07, 6.45) is 1.97. The van der Waals surface area contributed by atoms with Crippen LogP contribution >= 0.6 is 0 Å². The number of esters is 1. The van der Waals surface area contributed by atoms with E-state index >= 15 is 0 Å². The minimum absolute atomic E-state index is 0.254. The third-order valence-electron chi connectivity index (χ3n) is 3.99. The van der Waals surface area contributed by atoms with E-state index in [9.17, 15) is 14.4 Å². The summed E-state index contributed by atoms with van der Waals surface area (Å²) in [5, 5.41) is 0. The molecule has 1 heterocycles. The van der Waals surface area contributed by atoms with E-state index in [4.69, 9.17) is 4.74 Å². The summed E-state index contributed by atoms with van der Waals surface area (Å²) in [4.78, 5) is 38.4. The number of hydrogen-bond acceptors (Lipinski definition) is 4. The number of imide groups is 1. The van der Waals surface area contributed by atoms with E-state index in [0.29, 0.717) is 23.1 Å². The number of carbonyl (C=O) groups excluding carboxylic acids is 3. The van der Waals surface area contributed by atoms with Crippen molar-refractivity contribution < 1.29 is 19.1 Å². The first kappa shape index (κ1) is 17.9. The molecule has 1 aromatic rings. The molecule has 0 fully saturated rings. The van der Waals surface area contributed by atoms with Gasteiger partial charge in [0.25, 0.3) is 11.8 Å². The first-order chi connectivity index (χ1) is 11.4. The van der Waals surface area contributed by atoms with Crippen LogP contribution < -0.4 is 0 Å². The van der Waals surface area contributed by atoms with Crippen LogP contribution in [-0.4, -0.2) is 35.3 Å². The molecule has 0 saturated heterocycles. The van der Waals surface area contributed by atoms with E-state index in [1.807, 2.05) is 13.8 Å². The van der Waals surface area contributed by atoms with Crippen LogP contribution in [0.4, 0.5) is 0 Å². The van der Waals surface area contributed by atoms with Gasteiger partial charge in [0.2, 0.25) is 0 Å². The van der Waals surface area contributed by atoms with Gasteiger partial charge in [0, 0.05) is 6.08 Å². The zero-order valence-corrected chi connectivity index (χ0v) is 14.5. The van der Waals surface area contributed by atoms with Gasteiger partial charge in [0.15, 0.2) is 0 Å². The summed E-state index contributed by atoms with van der Waals surface area (Å²) >= 11 is 0. The highest BCUT2D eigenvalue weighted by molar-refractivity contribution is 6.21. The van der Waals surface area contributed by atoms with Gasteiger partial charge in [-0.05, 0) is 43.9 Å². The van der Waals surface area contributed by atoms with E-state index in [1.54, 1.807) is 38.1 Å². The summed E-state index contributed by atoms with van der Waals surface area (Å²) in [5.41, 5.74) is 1.48. The Morgan fingerprint density at radius 3 is 2.17 bits per heavy atom. The van der Waals surface area contributed by atoms with E-state index in [1.165, 1.54) is 11.0 Å². The van der Waals surface area contributed by atoms with E-state index < -0.39 is 12.0 Å². The molecule has 5 heteroatoms. The maximum Gasteiger partial charge on any atom is 0.330 e. The molecule has 0 radical (unpaired) electrons. The summed E-state index contributed by atoms with van der Waals surface area (Å²) in [6.45, 7) is 7.81. The van der Waals surface area contributed by atoms with Gasteiger partial charge in [-0.3, -0.25) is 14.5 Å². The first-order valence-electron chi connectivity index (χ1n) is 8.18. The molecule has 1 atom stereocenters. The van der Waals surface area contributed by atoms with Crippen LogP contribution in [0.1, 0.15) is 54.8 Å². The smallest absolute Gasteiger partial charge is 0.330 e. The highest BCUT2D eigenvalue weighted by Gasteiger charge is 2.40. The normalized spacial score (nSPS) is 15.7. The first-order valence-corrected chi connectivity index (χ1v) is 8.18. The zero-order chi connectivity index (χ0) is 17.9. The van der Waals surface area contributed by atoms with Crippen molar-refractivity contribution in [3.05, 3.63) is 47.0 Å². The van der Waals surface area contributed by atoms with Crippen molar-refractivity contribution in [1.82, 2.24) is 4.90 Å². The van der Waals surface area contributed by atoms with Crippen LogP contribution in [-0.2, 0) is 9.53 Å². The number of carbonyl (C=O) groups is 3. The van der Waals surface area contributed by atoms with Crippen LogP contribution in [0.3, 0.4) is 0 Å². The Morgan fingerprint density at radius 1 is 1.17 bits per heavy atom. The molecule has 2 rings (SSSR count). The number of nitrogens with zero attached hydrogens (tertiary/aromatic N) is 1. The van der Waals surface area contributed by atoms with Crippen LogP contribution in [0, 0.1) is 5.92 Å². The molecule has 0 aliphatic carbocycles. The predicted molar refractivity (Wildman–Crippen MR) is 90.6 cm³/mol. The molecule has 0 saturated carbocycles. The molecule has 128 valence electrons. The van der Waals surface area contributed by atoms with Gasteiger partial charge in [-0.15, -0.1) is 0 Å². The zero-order valence-electron chi connectivity index (χ0n) is 14.5. The molecule has 2 amide bonds. The Labute approximate surface area is 142 Å². The summed E-state index contributed by atoms with van der Waals surface area (Å²) in [6, 6.07) is 6.35. The quantitative estimate of drug-likeness (QED) is 0.457. The van der Waals surface area contributed by atoms with E-state index in [2.05, 4.69) is 0 Å². The van der Waals surface area contributed by atoms with Crippen LogP contribution in [0.2, 0.25) is 0 Å². The summed E-state index contributed by atoms with van der Waals surface area (Å²) in [5.74, 6) is -0.819. The van der Waals surface area contributed by atoms with Crippen molar-refractivity contribution in [3.63, 3.8) is 0 Å². The van der Waals surface area contributed by atoms with Crippen LogP contribution in [0.25, 0.3) is 0 Å². The van der Waals surface area contributed by atoms with Gasteiger partial charge in [0.05, 0.1) is 23.8 Å². The largest absolute Gasteiger partial charge is 0.463 e. The third-order valence-corrected chi connectivity index (χ3v) is 3.99. The van der Waals surface area contributed by atoms with Crippen molar-refractivity contribution in [2.75, 3.05) is 6.61 Å². The van der Waals surface area contributed by atoms with Gasteiger partial charge >= 0.3 is 5.97 Å². The molecule has 1 aliphatic rings. The minimum Gasteiger partial charge on any atom is -0.463 e. The maximum absolute atomic E-state index is 12.7. The highest BCUT2D eigenvalue weighted by atomic mass is 16.5. The lowest BCUT2D eigenvalue weighted by atomic mass is 9.96. The van der Waals surface area contributed by atoms with E-state index in [-0.39, 0.29) is 24.3 Å². The standard InChI is InChI=1S/C19H23NO4/c1-5-24-17(21)11-13(4)16(10-12(2)3)20-18(22)14-8-6-7-9-15(14)19(20)23/h6-9,11-12,16H,5,10H2,1-4H3. The third kappa shape index (κ3) is 3.55. The number of hydrogen-bond donors (Lipinski definition) is 0. The van der Waals surface area contributed by atoms with Gasteiger partial charge in [-0.25, -0.2) is 4.79 Å². The second kappa shape index (κ2) is 7.43. The van der Waals surface area contributed by atoms with Crippen molar-refractivity contribution in [2.24, 2.45) is 5.92 Å². The molecule has 0 aromatic heterocycles. The Balaban J connectivity index is 2.37. The van der Waals surface area contributed by atoms with Crippen molar-refractivity contribution in [3.8, 4) is 0 Å². The number of benzene rings is 1. The van der Waals surface area contributed by atoms with Crippen molar-refractivity contribution in [1.29, 1.82) is 0 Å². The SMILES string of the molecule is CCOC(=O)C=C(C)C(CC(C)C)N1C(=O)c2ccccc2C1=O. The molecule has 0 spiro atoms. The van der Waals surface area contributed by atoms with Gasteiger partial charge in [0.1, 0.15) is 0 Å². The monoisotopic (exact) mass is 329 g/mol. The number of amides is 2. The Bertz CT molecular complexity index is 655. The Morgan fingerprint density at radius 2 is 1.71 bits per heavy atom. The Kier molecular flexibility index (Phi) is 5.54. The van der Waals surface area contributed by atoms with Crippen LogP contribution in [0.15, 0.2) is 35.9 Å². The molecule has 5 nitrogen and oxygen atoms in total. The lowest BCUT2D eigenvalue weighted by Gasteiger charge is -2.28. The fourth-order valence-corrected chi connectivity index (χ4v) is 2.90. The molecule has 1 aliphatic heterocycles. The van der Waals surface area contributed by atoms with Gasteiger partial charge < -0.3 is 4.74 Å². The van der Waals surface area contributed by atoms with Crippen molar-refractivity contribution in [2.45, 2.75) is 40.2 Å². The number of ether oxygens (including phenoxy) is 1. The average molecular weight is 329 g/mol. The van der Waals surface area contributed by atoms with Crippen LogP contribution in [0.5, 0.6) is 0 Å². The second-order valence-corrected chi connectivity index (χ2v) is 6.31. The van der Waals surface area contributed by atoms with Gasteiger partial charge in [-0.1, -0.05) is 26.0 Å². The average Bonchev–Trinajstić information content (AvgIpc) is 2.77. The number of fused-ring (bicyclic) bond motifs is 1. The summed E-state index contributed by atoms with van der Waals surface area (Å²) < 4.78 is 4.94. The lowest BCUT2D eigenvalue weighted by molar-refractivity contribution is -0.137. The maximum atomic E-state index is 12.7. The fraction of sp³-hybridized carbons (Fsp3) is 0.421. The predicted octanol–water partition coefficient (Wildman–Crippen LogP) is 3.21. The molecule has 1 unspecified atom stereocenters. The molecule has 1 aromatic carbocycles. The molecular formula is C19H23NO4. The highest BCUT2D eigenvalue weighted by Crippen LogP contribution is 2.29. The molecule has 0 N–H and O–H groups in total. The Hall–Kier alpha value is -2.43. The lowest BCUT2D eigenvalue weighted by Crippen LogP contribution is -2.41. The molecule has 0 bridgehead atoms. The van der Waals surface area contributed by atoms with Crippen molar-refractivity contribution >= 4 is 17.8 Å². The fourth-order valence-electron chi connectivity index (χ4n) is 2.90. The molecule has 24 heavy (non-hydrogen) atoms.